The second-order valence-electron chi connectivity index (χ2n) is 8.33. The Balaban J connectivity index is 1.34. The number of halogens is 2. The second-order valence-corrected chi connectivity index (χ2v) is 8.33. The minimum Gasteiger partial charge on any atom is -0.352 e. The van der Waals surface area contributed by atoms with Crippen molar-refractivity contribution in [2.24, 2.45) is 0 Å². The largest absolute Gasteiger partial charge is 0.352 e. The molecular formula is C24H20F2N6. The molecule has 32 heavy (non-hydrogen) atoms. The van der Waals surface area contributed by atoms with Crippen LogP contribution in [0, 0.1) is 0 Å². The van der Waals surface area contributed by atoms with Gasteiger partial charge in [0.1, 0.15) is 5.69 Å². The molecule has 1 saturated heterocycles. The zero-order valence-electron chi connectivity index (χ0n) is 17.1. The number of alkyl halides is 2. The molecule has 0 amide bonds. The molecule has 2 N–H and O–H groups in total. The molecule has 1 fully saturated rings. The zero-order valence-corrected chi connectivity index (χ0v) is 17.1. The van der Waals surface area contributed by atoms with Crippen LogP contribution < -0.4 is 0 Å². The van der Waals surface area contributed by atoms with E-state index in [1.54, 1.807) is 17.3 Å². The molecule has 6 nitrogen and oxygen atoms in total. The number of pyridine rings is 2. The van der Waals surface area contributed by atoms with Gasteiger partial charge < -0.3 is 4.98 Å². The lowest BCUT2D eigenvalue weighted by atomic mass is 10.0. The number of benzene rings is 1. The Hall–Kier alpha value is -3.65. The van der Waals surface area contributed by atoms with Crippen LogP contribution in [0.3, 0.4) is 0 Å². The summed E-state index contributed by atoms with van der Waals surface area (Å²) in [4.78, 5) is 14.1. The molecule has 6 rings (SSSR count). The second kappa shape index (κ2) is 7.20. The molecule has 0 saturated carbocycles. The van der Waals surface area contributed by atoms with E-state index in [-0.39, 0.29) is 13.0 Å². The molecule has 160 valence electrons. The summed E-state index contributed by atoms with van der Waals surface area (Å²) < 4.78 is 27.1. The summed E-state index contributed by atoms with van der Waals surface area (Å²) in [5.74, 6) is -2.58. The molecule has 1 aliphatic heterocycles. The lowest BCUT2D eigenvalue weighted by molar-refractivity contribution is 0.0115. The van der Waals surface area contributed by atoms with E-state index >= 15 is 0 Å². The van der Waals surface area contributed by atoms with E-state index in [1.165, 1.54) is 0 Å². The number of nitrogens with zero attached hydrogens (tertiary/aromatic N) is 4. The molecular weight excluding hydrogens is 410 g/mol. The molecule has 1 aliphatic rings. The lowest BCUT2D eigenvalue weighted by Gasteiger charge is -2.16. The van der Waals surface area contributed by atoms with Crippen LogP contribution in [0.25, 0.3) is 44.6 Å². The zero-order chi connectivity index (χ0) is 21.7. The van der Waals surface area contributed by atoms with Crippen LogP contribution in [-0.2, 0) is 6.54 Å². The Morgan fingerprint density at radius 3 is 2.81 bits per heavy atom. The fourth-order valence-corrected chi connectivity index (χ4v) is 4.40. The Morgan fingerprint density at radius 2 is 1.97 bits per heavy atom. The van der Waals surface area contributed by atoms with Crippen LogP contribution in [0.4, 0.5) is 8.78 Å². The first-order valence-corrected chi connectivity index (χ1v) is 10.5. The van der Waals surface area contributed by atoms with E-state index in [0.29, 0.717) is 18.7 Å². The number of H-pyrrole nitrogens is 2. The van der Waals surface area contributed by atoms with Gasteiger partial charge in [-0.15, -0.1) is 0 Å². The van der Waals surface area contributed by atoms with Gasteiger partial charge in [0.25, 0.3) is 5.92 Å². The van der Waals surface area contributed by atoms with Crippen LogP contribution in [0.15, 0.2) is 60.9 Å². The van der Waals surface area contributed by atoms with Crippen molar-refractivity contribution in [1.29, 1.82) is 0 Å². The van der Waals surface area contributed by atoms with Crippen molar-refractivity contribution in [3.8, 4) is 22.5 Å². The van der Waals surface area contributed by atoms with Gasteiger partial charge >= 0.3 is 0 Å². The summed E-state index contributed by atoms with van der Waals surface area (Å²) in [5.41, 5.74) is 7.12. The topological polar surface area (TPSA) is 73.5 Å². The van der Waals surface area contributed by atoms with Crippen molar-refractivity contribution in [3.05, 3.63) is 66.5 Å². The van der Waals surface area contributed by atoms with E-state index in [1.807, 2.05) is 42.5 Å². The molecule has 1 aromatic carbocycles. The van der Waals surface area contributed by atoms with Gasteiger partial charge in [0, 0.05) is 42.9 Å². The highest BCUT2D eigenvalue weighted by atomic mass is 19.3. The Labute approximate surface area is 182 Å². The maximum atomic E-state index is 13.5. The van der Waals surface area contributed by atoms with E-state index in [0.717, 1.165) is 44.5 Å². The third-order valence-electron chi connectivity index (χ3n) is 5.98. The van der Waals surface area contributed by atoms with Gasteiger partial charge in [-0.25, -0.2) is 13.8 Å². The fourth-order valence-electron chi connectivity index (χ4n) is 4.40. The van der Waals surface area contributed by atoms with E-state index in [4.69, 9.17) is 0 Å². The van der Waals surface area contributed by atoms with Gasteiger partial charge in [-0.1, -0.05) is 18.2 Å². The normalized spacial score (nSPS) is 16.3. The van der Waals surface area contributed by atoms with Crippen LogP contribution in [0.1, 0.15) is 12.0 Å². The van der Waals surface area contributed by atoms with Gasteiger partial charge in [0.15, 0.2) is 5.65 Å². The quantitative estimate of drug-likeness (QED) is 0.420. The predicted molar refractivity (Wildman–Crippen MR) is 119 cm³/mol. The summed E-state index contributed by atoms with van der Waals surface area (Å²) in [7, 11) is 0. The van der Waals surface area contributed by atoms with Crippen LogP contribution in [0.2, 0.25) is 0 Å². The smallest absolute Gasteiger partial charge is 0.261 e. The predicted octanol–water partition coefficient (Wildman–Crippen LogP) is 5.01. The first-order chi connectivity index (χ1) is 15.5. The minimum atomic E-state index is -2.58. The maximum Gasteiger partial charge on any atom is 0.261 e. The fraction of sp³-hybridized carbons (Fsp3) is 0.208. The van der Waals surface area contributed by atoms with Crippen molar-refractivity contribution in [2.75, 3.05) is 13.1 Å². The number of rotatable bonds is 4. The van der Waals surface area contributed by atoms with Crippen molar-refractivity contribution >= 4 is 22.1 Å². The Bertz CT molecular complexity index is 1400. The summed E-state index contributed by atoms with van der Waals surface area (Å²) in [6, 6.07) is 15.9. The number of nitrogens with one attached hydrogen (secondary N) is 2. The minimum absolute atomic E-state index is 0.0696. The average molecular weight is 430 g/mol. The molecule has 0 spiro atoms. The highest BCUT2D eigenvalue weighted by molar-refractivity contribution is 5.95. The van der Waals surface area contributed by atoms with Crippen molar-refractivity contribution in [2.45, 2.75) is 18.9 Å². The maximum absolute atomic E-state index is 13.5. The highest BCUT2D eigenvalue weighted by Crippen LogP contribution is 2.31. The molecule has 4 aromatic heterocycles. The molecule has 0 unspecified atom stereocenters. The number of hydrogen-bond acceptors (Lipinski definition) is 4. The molecule has 8 heteroatoms. The van der Waals surface area contributed by atoms with Crippen molar-refractivity contribution < 1.29 is 8.78 Å². The molecule has 5 heterocycles. The summed E-state index contributed by atoms with van der Waals surface area (Å²) in [6.07, 6.45) is 3.50. The molecule has 0 radical (unpaired) electrons. The van der Waals surface area contributed by atoms with Gasteiger partial charge in [-0.3, -0.25) is 15.0 Å². The summed E-state index contributed by atoms with van der Waals surface area (Å²) >= 11 is 0. The first kappa shape index (κ1) is 19.1. The number of aromatic amines is 2. The van der Waals surface area contributed by atoms with E-state index < -0.39 is 5.92 Å². The van der Waals surface area contributed by atoms with Gasteiger partial charge in [0.05, 0.1) is 23.3 Å². The number of hydrogen-bond donors (Lipinski definition) is 2. The Morgan fingerprint density at radius 1 is 1.03 bits per heavy atom. The number of aromatic nitrogens is 5. The van der Waals surface area contributed by atoms with Crippen LogP contribution >= 0.6 is 0 Å². The standard InChI is InChI=1S/C24H20F2N6/c25-24(26)6-8-32(14-24)13-15-3-1-4-16(9-15)17-10-18-22(30-31-23(18)28-12-17)21-11-20-19(29-21)5-2-7-27-20/h1-5,7,9-12,29H,6,8,13-14H2,(H,28,30,31). The van der Waals surface area contributed by atoms with E-state index in [9.17, 15) is 8.78 Å². The highest BCUT2D eigenvalue weighted by Gasteiger charge is 2.37. The number of likely N-dealkylation sites (tertiary alicyclic amines) is 1. The molecule has 0 aliphatic carbocycles. The SMILES string of the molecule is FC1(F)CCN(Cc2cccc(-c3cnc4[nH]nc(-c5cc6ncccc6[nH]5)c4c3)c2)C1. The third-order valence-corrected chi connectivity index (χ3v) is 5.98. The lowest BCUT2D eigenvalue weighted by Crippen LogP contribution is -2.24. The van der Waals surface area contributed by atoms with Crippen LogP contribution in [0.5, 0.6) is 0 Å². The average Bonchev–Trinajstić information content (AvgIpc) is 3.49. The van der Waals surface area contributed by atoms with Gasteiger partial charge in [-0.05, 0) is 41.5 Å². The molecule has 5 aromatic rings. The third kappa shape index (κ3) is 3.42. The summed E-state index contributed by atoms with van der Waals surface area (Å²) in [5, 5.41) is 8.37. The number of fused-ring (bicyclic) bond motifs is 2. The Kier molecular flexibility index (Phi) is 4.29. The van der Waals surface area contributed by atoms with Crippen molar-refractivity contribution in [1.82, 2.24) is 30.0 Å². The van der Waals surface area contributed by atoms with Crippen LogP contribution in [-0.4, -0.2) is 49.1 Å². The molecule has 0 atom stereocenters. The van der Waals surface area contributed by atoms with Gasteiger partial charge in [0.2, 0.25) is 0 Å². The first-order valence-electron chi connectivity index (χ1n) is 10.5. The van der Waals surface area contributed by atoms with Gasteiger partial charge in [-0.2, -0.15) is 5.10 Å². The summed E-state index contributed by atoms with van der Waals surface area (Å²) in [6.45, 7) is 0.753. The van der Waals surface area contributed by atoms with Crippen molar-refractivity contribution in [3.63, 3.8) is 0 Å². The monoisotopic (exact) mass is 430 g/mol. The van der Waals surface area contributed by atoms with E-state index in [2.05, 4.69) is 31.2 Å². The molecule has 0 bridgehead atoms.